The van der Waals surface area contributed by atoms with Gasteiger partial charge in [-0.05, 0) is 39.1 Å². The SMILES string of the molecule is c1ccc(-c2ccc(CNCc3ccsc3)cc2)cc1. The van der Waals surface area contributed by atoms with Gasteiger partial charge in [0.1, 0.15) is 0 Å². The zero-order valence-corrected chi connectivity index (χ0v) is 12.1. The first kappa shape index (κ1) is 13.1. The van der Waals surface area contributed by atoms with E-state index in [1.54, 1.807) is 11.3 Å². The van der Waals surface area contributed by atoms with E-state index < -0.39 is 0 Å². The largest absolute Gasteiger partial charge is 0.309 e. The Morgan fingerprint density at radius 1 is 0.700 bits per heavy atom. The highest BCUT2D eigenvalue weighted by molar-refractivity contribution is 7.07. The summed E-state index contributed by atoms with van der Waals surface area (Å²) in [6.45, 7) is 1.84. The summed E-state index contributed by atoms with van der Waals surface area (Å²) in [5, 5.41) is 7.77. The second-order valence-electron chi connectivity index (χ2n) is 4.80. The predicted octanol–water partition coefficient (Wildman–Crippen LogP) is 4.70. The highest BCUT2D eigenvalue weighted by atomic mass is 32.1. The Bertz CT molecular complexity index is 627. The van der Waals surface area contributed by atoms with Crippen LogP contribution in [0.15, 0.2) is 71.4 Å². The van der Waals surface area contributed by atoms with Gasteiger partial charge in [0.05, 0.1) is 0 Å². The second kappa shape index (κ2) is 6.51. The summed E-state index contributed by atoms with van der Waals surface area (Å²) in [7, 11) is 0. The van der Waals surface area contributed by atoms with Crippen LogP contribution in [-0.4, -0.2) is 0 Å². The Hall–Kier alpha value is -1.90. The maximum atomic E-state index is 3.47. The minimum Gasteiger partial charge on any atom is -0.309 e. The van der Waals surface area contributed by atoms with Crippen LogP contribution in [0.3, 0.4) is 0 Å². The number of hydrogen-bond acceptors (Lipinski definition) is 2. The lowest BCUT2D eigenvalue weighted by atomic mass is 10.0. The van der Waals surface area contributed by atoms with Crippen LogP contribution in [0.25, 0.3) is 11.1 Å². The van der Waals surface area contributed by atoms with E-state index in [4.69, 9.17) is 0 Å². The third-order valence-electron chi connectivity index (χ3n) is 3.30. The van der Waals surface area contributed by atoms with Crippen molar-refractivity contribution in [2.24, 2.45) is 0 Å². The van der Waals surface area contributed by atoms with Gasteiger partial charge in [0.2, 0.25) is 0 Å². The Labute approximate surface area is 123 Å². The number of rotatable bonds is 5. The van der Waals surface area contributed by atoms with Crippen LogP contribution in [0.2, 0.25) is 0 Å². The van der Waals surface area contributed by atoms with E-state index in [0.717, 1.165) is 13.1 Å². The molecular weight excluding hydrogens is 262 g/mol. The van der Waals surface area contributed by atoms with Gasteiger partial charge in [-0.3, -0.25) is 0 Å². The molecule has 2 aromatic carbocycles. The fourth-order valence-corrected chi connectivity index (χ4v) is 2.86. The fourth-order valence-electron chi connectivity index (χ4n) is 2.19. The number of nitrogens with one attached hydrogen (secondary N) is 1. The average Bonchev–Trinajstić information content (AvgIpc) is 3.02. The molecule has 1 N–H and O–H groups in total. The van der Waals surface area contributed by atoms with Crippen molar-refractivity contribution in [2.75, 3.05) is 0 Å². The summed E-state index contributed by atoms with van der Waals surface area (Å²) >= 11 is 1.75. The summed E-state index contributed by atoms with van der Waals surface area (Å²) in [5.41, 5.74) is 5.22. The molecule has 2 heteroatoms. The molecule has 3 rings (SSSR count). The molecule has 100 valence electrons. The molecule has 1 nitrogen and oxygen atoms in total. The standard InChI is InChI=1S/C18H17NS/c1-2-4-17(5-3-1)18-8-6-15(7-9-18)12-19-13-16-10-11-20-14-16/h1-11,14,19H,12-13H2. The molecule has 0 saturated heterocycles. The van der Waals surface area contributed by atoms with Crippen LogP contribution >= 0.6 is 11.3 Å². The third-order valence-corrected chi connectivity index (χ3v) is 4.03. The van der Waals surface area contributed by atoms with Gasteiger partial charge in [0, 0.05) is 13.1 Å². The zero-order chi connectivity index (χ0) is 13.6. The molecule has 0 bridgehead atoms. The lowest BCUT2D eigenvalue weighted by Gasteiger charge is -2.06. The maximum Gasteiger partial charge on any atom is 0.0216 e. The Morgan fingerprint density at radius 3 is 2.10 bits per heavy atom. The average molecular weight is 279 g/mol. The van der Waals surface area contributed by atoms with Crippen LogP contribution in [0.1, 0.15) is 11.1 Å². The summed E-state index contributed by atoms with van der Waals surface area (Å²) in [6.07, 6.45) is 0. The van der Waals surface area contributed by atoms with E-state index in [0.29, 0.717) is 0 Å². The molecule has 3 aromatic rings. The van der Waals surface area contributed by atoms with Gasteiger partial charge >= 0.3 is 0 Å². The molecule has 0 fully saturated rings. The normalized spacial score (nSPS) is 10.6. The molecule has 0 saturated carbocycles. The quantitative estimate of drug-likeness (QED) is 0.713. The van der Waals surface area contributed by atoms with Gasteiger partial charge in [0.25, 0.3) is 0 Å². The topological polar surface area (TPSA) is 12.0 Å². The van der Waals surface area contributed by atoms with Crippen molar-refractivity contribution in [1.29, 1.82) is 0 Å². The van der Waals surface area contributed by atoms with Crippen LogP contribution in [0.4, 0.5) is 0 Å². The van der Waals surface area contributed by atoms with E-state index >= 15 is 0 Å². The second-order valence-corrected chi connectivity index (χ2v) is 5.58. The van der Waals surface area contributed by atoms with Gasteiger partial charge in [-0.15, -0.1) is 0 Å². The molecule has 0 radical (unpaired) electrons. The molecule has 1 heterocycles. The van der Waals surface area contributed by atoms with Crippen LogP contribution in [0, 0.1) is 0 Å². The molecule has 0 unspecified atom stereocenters. The first-order chi connectivity index (χ1) is 9.92. The minimum atomic E-state index is 0.908. The molecule has 0 atom stereocenters. The van der Waals surface area contributed by atoms with Gasteiger partial charge in [-0.1, -0.05) is 54.6 Å². The molecule has 0 spiro atoms. The van der Waals surface area contributed by atoms with Crippen LogP contribution < -0.4 is 5.32 Å². The summed E-state index contributed by atoms with van der Waals surface area (Å²) in [6, 6.07) is 21.4. The van der Waals surface area contributed by atoms with Crippen molar-refractivity contribution < 1.29 is 0 Å². The first-order valence-corrected chi connectivity index (χ1v) is 7.72. The number of thiophene rings is 1. The summed E-state index contributed by atoms with van der Waals surface area (Å²) in [5.74, 6) is 0. The van der Waals surface area contributed by atoms with E-state index in [9.17, 15) is 0 Å². The van der Waals surface area contributed by atoms with Crippen molar-refractivity contribution in [3.8, 4) is 11.1 Å². The summed E-state index contributed by atoms with van der Waals surface area (Å²) in [4.78, 5) is 0. The lowest BCUT2D eigenvalue weighted by Crippen LogP contribution is -2.11. The van der Waals surface area contributed by atoms with E-state index in [2.05, 4.69) is 70.7 Å². The Balaban J connectivity index is 1.59. The highest BCUT2D eigenvalue weighted by Crippen LogP contribution is 2.19. The molecule has 0 amide bonds. The number of benzene rings is 2. The Kier molecular flexibility index (Phi) is 4.26. The van der Waals surface area contributed by atoms with Gasteiger partial charge in [0.15, 0.2) is 0 Å². The highest BCUT2D eigenvalue weighted by Gasteiger charge is 1.98. The zero-order valence-electron chi connectivity index (χ0n) is 11.3. The van der Waals surface area contributed by atoms with Gasteiger partial charge in [-0.25, -0.2) is 0 Å². The molecule has 0 aliphatic heterocycles. The van der Waals surface area contributed by atoms with Crippen molar-refractivity contribution in [3.05, 3.63) is 82.6 Å². The van der Waals surface area contributed by atoms with E-state index in [1.807, 2.05) is 6.07 Å². The van der Waals surface area contributed by atoms with Gasteiger partial charge < -0.3 is 5.32 Å². The molecule has 1 aromatic heterocycles. The maximum absolute atomic E-state index is 3.47. The molecule has 0 aliphatic carbocycles. The van der Waals surface area contributed by atoms with Crippen LogP contribution in [0.5, 0.6) is 0 Å². The lowest BCUT2D eigenvalue weighted by molar-refractivity contribution is 0.695. The van der Waals surface area contributed by atoms with Crippen molar-refractivity contribution in [2.45, 2.75) is 13.1 Å². The van der Waals surface area contributed by atoms with Crippen molar-refractivity contribution in [3.63, 3.8) is 0 Å². The van der Waals surface area contributed by atoms with E-state index in [-0.39, 0.29) is 0 Å². The molecular formula is C18H17NS. The first-order valence-electron chi connectivity index (χ1n) is 6.78. The third kappa shape index (κ3) is 3.35. The Morgan fingerprint density at radius 2 is 1.40 bits per heavy atom. The van der Waals surface area contributed by atoms with E-state index in [1.165, 1.54) is 22.3 Å². The van der Waals surface area contributed by atoms with Crippen molar-refractivity contribution >= 4 is 11.3 Å². The number of hydrogen-bond donors (Lipinski definition) is 1. The van der Waals surface area contributed by atoms with Crippen LogP contribution in [-0.2, 0) is 13.1 Å². The van der Waals surface area contributed by atoms with Crippen molar-refractivity contribution in [1.82, 2.24) is 5.32 Å². The smallest absolute Gasteiger partial charge is 0.0216 e. The molecule has 20 heavy (non-hydrogen) atoms. The summed E-state index contributed by atoms with van der Waals surface area (Å²) < 4.78 is 0. The molecule has 0 aliphatic rings. The minimum absolute atomic E-state index is 0.908. The predicted molar refractivity (Wildman–Crippen MR) is 86.7 cm³/mol. The monoisotopic (exact) mass is 279 g/mol. The van der Waals surface area contributed by atoms with Gasteiger partial charge in [-0.2, -0.15) is 11.3 Å². The fraction of sp³-hybridized carbons (Fsp3) is 0.111.